The standard InChI is InChI=1S/C12H25N/c1-6-8-9-11(5)13-12(7-2)10(3)4/h6,10-13H,1,7-9H2,2-5H3. The highest BCUT2D eigenvalue weighted by Gasteiger charge is 2.12. The minimum absolute atomic E-state index is 0.616. The second kappa shape index (κ2) is 7.14. The molecule has 0 bridgehead atoms. The first-order chi connectivity index (χ1) is 6.11. The summed E-state index contributed by atoms with van der Waals surface area (Å²) < 4.78 is 0. The molecule has 0 amide bonds. The van der Waals surface area contributed by atoms with E-state index in [0.717, 1.165) is 12.3 Å². The molecule has 1 N–H and O–H groups in total. The van der Waals surface area contributed by atoms with Crippen LogP contribution in [0.1, 0.15) is 47.0 Å². The van der Waals surface area contributed by atoms with E-state index in [9.17, 15) is 0 Å². The molecular weight excluding hydrogens is 158 g/mol. The number of hydrogen-bond acceptors (Lipinski definition) is 1. The van der Waals surface area contributed by atoms with Crippen molar-refractivity contribution in [2.45, 2.75) is 59.0 Å². The van der Waals surface area contributed by atoms with Crippen LogP contribution in [0, 0.1) is 5.92 Å². The van der Waals surface area contributed by atoms with Gasteiger partial charge in [-0.25, -0.2) is 0 Å². The van der Waals surface area contributed by atoms with Gasteiger partial charge in [0.1, 0.15) is 0 Å². The lowest BCUT2D eigenvalue weighted by molar-refractivity contribution is 0.344. The summed E-state index contributed by atoms with van der Waals surface area (Å²) >= 11 is 0. The van der Waals surface area contributed by atoms with Gasteiger partial charge in [-0.05, 0) is 32.1 Å². The average molecular weight is 183 g/mol. The topological polar surface area (TPSA) is 12.0 Å². The van der Waals surface area contributed by atoms with Crippen molar-refractivity contribution >= 4 is 0 Å². The molecule has 78 valence electrons. The van der Waals surface area contributed by atoms with E-state index < -0.39 is 0 Å². The molecule has 0 aromatic heterocycles. The monoisotopic (exact) mass is 183 g/mol. The first-order valence-corrected chi connectivity index (χ1v) is 5.48. The highest BCUT2D eigenvalue weighted by atomic mass is 14.9. The fraction of sp³-hybridized carbons (Fsp3) is 0.833. The van der Waals surface area contributed by atoms with Gasteiger partial charge in [0.2, 0.25) is 0 Å². The maximum absolute atomic E-state index is 3.74. The van der Waals surface area contributed by atoms with Crippen molar-refractivity contribution in [3.63, 3.8) is 0 Å². The van der Waals surface area contributed by atoms with Gasteiger partial charge < -0.3 is 5.32 Å². The van der Waals surface area contributed by atoms with E-state index in [-0.39, 0.29) is 0 Å². The smallest absolute Gasteiger partial charge is 0.00899 e. The van der Waals surface area contributed by atoms with Crippen LogP contribution in [0.25, 0.3) is 0 Å². The van der Waals surface area contributed by atoms with Crippen LogP contribution in [-0.2, 0) is 0 Å². The summed E-state index contributed by atoms with van der Waals surface area (Å²) in [5.74, 6) is 0.733. The average Bonchev–Trinajstić information content (AvgIpc) is 2.10. The highest BCUT2D eigenvalue weighted by Crippen LogP contribution is 2.08. The van der Waals surface area contributed by atoms with Crippen LogP contribution in [0.15, 0.2) is 12.7 Å². The third-order valence-corrected chi connectivity index (χ3v) is 2.55. The second-order valence-electron chi connectivity index (χ2n) is 4.19. The molecule has 0 radical (unpaired) electrons. The molecule has 0 aromatic carbocycles. The van der Waals surface area contributed by atoms with Crippen molar-refractivity contribution < 1.29 is 0 Å². The molecule has 13 heavy (non-hydrogen) atoms. The number of hydrogen-bond donors (Lipinski definition) is 1. The van der Waals surface area contributed by atoms with Crippen molar-refractivity contribution in [3.05, 3.63) is 12.7 Å². The quantitative estimate of drug-likeness (QED) is 0.597. The summed E-state index contributed by atoms with van der Waals surface area (Å²) in [5, 5.41) is 3.65. The lowest BCUT2D eigenvalue weighted by atomic mass is 10.00. The maximum atomic E-state index is 3.74. The van der Waals surface area contributed by atoms with Gasteiger partial charge in [-0.2, -0.15) is 0 Å². The normalized spacial score (nSPS) is 15.8. The van der Waals surface area contributed by atoms with E-state index in [1.807, 2.05) is 6.08 Å². The summed E-state index contributed by atoms with van der Waals surface area (Å²) in [6.45, 7) is 12.8. The van der Waals surface area contributed by atoms with Crippen LogP contribution in [0.5, 0.6) is 0 Å². The van der Waals surface area contributed by atoms with E-state index >= 15 is 0 Å². The van der Waals surface area contributed by atoms with E-state index in [4.69, 9.17) is 0 Å². The minimum Gasteiger partial charge on any atom is -0.311 e. The SMILES string of the molecule is C=CCCC(C)NC(CC)C(C)C. The Bertz CT molecular complexity index is 129. The van der Waals surface area contributed by atoms with E-state index in [0.29, 0.717) is 12.1 Å². The Morgan fingerprint density at radius 2 is 1.92 bits per heavy atom. The van der Waals surface area contributed by atoms with Gasteiger partial charge in [-0.1, -0.05) is 26.8 Å². The van der Waals surface area contributed by atoms with Crippen LogP contribution in [0.3, 0.4) is 0 Å². The molecule has 0 aliphatic rings. The Labute approximate surface area is 83.6 Å². The van der Waals surface area contributed by atoms with Crippen LogP contribution in [0.2, 0.25) is 0 Å². The highest BCUT2D eigenvalue weighted by molar-refractivity contribution is 4.76. The van der Waals surface area contributed by atoms with Crippen molar-refractivity contribution in [1.29, 1.82) is 0 Å². The Hall–Kier alpha value is -0.300. The van der Waals surface area contributed by atoms with E-state index in [1.165, 1.54) is 12.8 Å². The molecule has 0 saturated carbocycles. The van der Waals surface area contributed by atoms with Crippen molar-refractivity contribution in [1.82, 2.24) is 5.32 Å². The Morgan fingerprint density at radius 3 is 2.31 bits per heavy atom. The van der Waals surface area contributed by atoms with Crippen LogP contribution in [-0.4, -0.2) is 12.1 Å². The Kier molecular flexibility index (Phi) is 6.97. The fourth-order valence-electron chi connectivity index (χ4n) is 1.60. The second-order valence-corrected chi connectivity index (χ2v) is 4.19. The molecule has 0 rings (SSSR count). The zero-order valence-corrected chi connectivity index (χ0v) is 9.64. The first kappa shape index (κ1) is 12.7. The molecule has 0 aromatic rings. The van der Waals surface area contributed by atoms with Crippen molar-refractivity contribution in [2.75, 3.05) is 0 Å². The summed E-state index contributed by atoms with van der Waals surface area (Å²) in [6.07, 6.45) is 5.53. The molecule has 0 spiro atoms. The summed E-state index contributed by atoms with van der Waals surface area (Å²) in [5.41, 5.74) is 0. The molecular formula is C12H25N. The Morgan fingerprint density at radius 1 is 1.31 bits per heavy atom. The molecule has 1 nitrogen and oxygen atoms in total. The number of rotatable bonds is 7. The van der Waals surface area contributed by atoms with Gasteiger partial charge in [0.15, 0.2) is 0 Å². The number of allylic oxidation sites excluding steroid dienone is 1. The molecule has 1 heteroatoms. The molecule has 2 unspecified atom stereocenters. The fourth-order valence-corrected chi connectivity index (χ4v) is 1.60. The summed E-state index contributed by atoms with van der Waals surface area (Å²) in [4.78, 5) is 0. The lowest BCUT2D eigenvalue weighted by Crippen LogP contribution is -2.39. The van der Waals surface area contributed by atoms with Crippen molar-refractivity contribution in [3.8, 4) is 0 Å². The first-order valence-electron chi connectivity index (χ1n) is 5.48. The van der Waals surface area contributed by atoms with E-state index in [1.54, 1.807) is 0 Å². The van der Waals surface area contributed by atoms with Gasteiger partial charge >= 0.3 is 0 Å². The summed E-state index contributed by atoms with van der Waals surface area (Å²) in [6, 6.07) is 1.28. The third-order valence-electron chi connectivity index (χ3n) is 2.55. The molecule has 0 saturated heterocycles. The molecule has 0 fully saturated rings. The predicted molar refractivity (Wildman–Crippen MR) is 60.9 cm³/mol. The maximum Gasteiger partial charge on any atom is 0.00899 e. The van der Waals surface area contributed by atoms with Gasteiger partial charge in [-0.15, -0.1) is 6.58 Å². The van der Waals surface area contributed by atoms with E-state index in [2.05, 4.69) is 39.6 Å². The zero-order chi connectivity index (χ0) is 10.3. The van der Waals surface area contributed by atoms with Gasteiger partial charge in [0, 0.05) is 12.1 Å². The van der Waals surface area contributed by atoms with Crippen LogP contribution >= 0.6 is 0 Å². The van der Waals surface area contributed by atoms with Crippen LogP contribution in [0.4, 0.5) is 0 Å². The van der Waals surface area contributed by atoms with Crippen LogP contribution < -0.4 is 5.32 Å². The Balaban J connectivity index is 3.72. The lowest BCUT2D eigenvalue weighted by Gasteiger charge is -2.25. The van der Waals surface area contributed by atoms with Gasteiger partial charge in [-0.3, -0.25) is 0 Å². The largest absolute Gasteiger partial charge is 0.311 e. The minimum atomic E-state index is 0.616. The molecule has 2 atom stereocenters. The van der Waals surface area contributed by atoms with Crippen molar-refractivity contribution in [2.24, 2.45) is 5.92 Å². The number of nitrogens with one attached hydrogen (secondary N) is 1. The molecule has 0 heterocycles. The van der Waals surface area contributed by atoms with Gasteiger partial charge in [0.05, 0.1) is 0 Å². The summed E-state index contributed by atoms with van der Waals surface area (Å²) in [7, 11) is 0. The van der Waals surface area contributed by atoms with Gasteiger partial charge in [0.25, 0.3) is 0 Å². The predicted octanol–water partition coefficient (Wildman–Crippen LogP) is 3.37. The zero-order valence-electron chi connectivity index (χ0n) is 9.64. The molecule has 0 aliphatic carbocycles. The third kappa shape index (κ3) is 5.87. The molecule has 0 aliphatic heterocycles.